The molecule has 3 saturated heterocycles. The molecule has 4 fully saturated rings. The number of rotatable bonds is 10. The first-order chi connectivity index (χ1) is 18.9. The number of sulfone groups is 1. The van der Waals surface area contributed by atoms with Crippen molar-refractivity contribution in [3.63, 3.8) is 0 Å². The van der Waals surface area contributed by atoms with Gasteiger partial charge < -0.3 is 9.64 Å². The average molecular weight is 605 g/mol. The van der Waals surface area contributed by atoms with Gasteiger partial charge in [0.05, 0.1) is 28.5 Å². The molecule has 3 aliphatic heterocycles. The highest BCUT2D eigenvalue weighted by atomic mass is 32.2. The molecule has 6 atom stereocenters. The summed E-state index contributed by atoms with van der Waals surface area (Å²) in [5.74, 6) is 0. The fourth-order valence-electron chi connectivity index (χ4n) is 6.36. The normalized spacial score (nSPS) is 37.3. The van der Waals surface area contributed by atoms with Crippen molar-refractivity contribution in [2.45, 2.75) is 111 Å². The van der Waals surface area contributed by atoms with Crippen LogP contribution in [-0.2, 0) is 14.6 Å². The Hall–Kier alpha value is -0.0600. The molecule has 4 aliphatic rings. The Balaban J connectivity index is 1.40. The number of nitrogens with zero attached hydrogens (tertiary/aromatic N) is 3. The Labute approximate surface area is 247 Å². The summed E-state index contributed by atoms with van der Waals surface area (Å²) in [5.41, 5.74) is 6.76. The molecule has 0 bridgehead atoms. The maximum Gasteiger partial charge on any atom is 0.158 e. The molecule has 1 aliphatic carbocycles. The molecule has 13 heteroatoms. The van der Waals surface area contributed by atoms with Crippen molar-refractivity contribution in [3.8, 4) is 0 Å². The first kappa shape index (κ1) is 32.8. The molecule has 0 aromatic rings. The fourth-order valence-corrected chi connectivity index (χ4v) is 9.62. The highest BCUT2D eigenvalue weighted by Crippen LogP contribution is 2.37. The third kappa shape index (κ3) is 8.31. The number of likely N-dealkylation sites (N-methyl/N-ethyl adjacent to an activating group) is 1. The predicted molar refractivity (Wildman–Crippen MR) is 165 cm³/mol. The molecule has 6 unspecified atom stereocenters. The van der Waals surface area contributed by atoms with E-state index in [4.69, 9.17) is 4.74 Å². The van der Waals surface area contributed by atoms with Crippen LogP contribution in [0, 0.1) is 0 Å². The monoisotopic (exact) mass is 604 g/mol. The molecule has 4 rings (SSSR count). The number of hydrogen-bond donors (Lipinski definition) is 5. The van der Waals surface area contributed by atoms with Crippen LogP contribution in [0.3, 0.4) is 0 Å². The number of piperazine rings is 1. The van der Waals surface area contributed by atoms with E-state index < -0.39 is 14.6 Å². The Bertz CT molecular complexity index is 889. The maximum absolute atomic E-state index is 13.0. The van der Waals surface area contributed by atoms with Gasteiger partial charge in [0, 0.05) is 57.7 Å². The van der Waals surface area contributed by atoms with Crippen LogP contribution >= 0.6 is 11.8 Å². The molecule has 0 aromatic heterocycles. The molecule has 40 heavy (non-hydrogen) atoms. The largest absolute Gasteiger partial charge is 0.375 e. The van der Waals surface area contributed by atoms with Crippen molar-refractivity contribution < 1.29 is 13.2 Å². The summed E-state index contributed by atoms with van der Waals surface area (Å²) < 4.78 is 31.6. The number of thioether (sulfide) groups is 1. The average Bonchev–Trinajstić information content (AvgIpc) is 3.31. The summed E-state index contributed by atoms with van der Waals surface area (Å²) >= 11 is 1.92. The van der Waals surface area contributed by atoms with E-state index in [2.05, 4.69) is 62.5 Å². The zero-order valence-electron chi connectivity index (χ0n) is 25.8. The third-order valence-corrected chi connectivity index (χ3v) is 13.4. The van der Waals surface area contributed by atoms with E-state index in [0.717, 1.165) is 71.4 Å². The standard InChI is InChI=1S/C27H56N8O3S2/c1-19-18-22(32-31-19)28-24-23(38-7)25(35-16-14-34(15-17-35)13-12-33(5)6)30-26(29-24)39-20-8-10-21(11-9-20)40(36,37)27(2,3)4/h19-26,28-32H,8-18H2,1-7H3. The zero-order chi connectivity index (χ0) is 29.1. The van der Waals surface area contributed by atoms with Gasteiger partial charge in [-0.3, -0.25) is 31.2 Å². The van der Waals surface area contributed by atoms with Gasteiger partial charge in [0.25, 0.3) is 0 Å². The molecule has 1 saturated carbocycles. The van der Waals surface area contributed by atoms with Crippen molar-refractivity contribution in [2.75, 3.05) is 60.5 Å². The minimum atomic E-state index is -3.12. The van der Waals surface area contributed by atoms with Gasteiger partial charge in [0.1, 0.15) is 11.6 Å². The van der Waals surface area contributed by atoms with E-state index in [1.165, 1.54) is 0 Å². The summed E-state index contributed by atoms with van der Waals surface area (Å²) in [7, 11) is 2.96. The van der Waals surface area contributed by atoms with Crippen molar-refractivity contribution in [1.29, 1.82) is 0 Å². The summed E-state index contributed by atoms with van der Waals surface area (Å²) in [6, 6.07) is 0.413. The molecule has 234 valence electrons. The van der Waals surface area contributed by atoms with Gasteiger partial charge in [0.2, 0.25) is 0 Å². The van der Waals surface area contributed by atoms with Gasteiger partial charge in [-0.2, -0.15) is 0 Å². The summed E-state index contributed by atoms with van der Waals surface area (Å²) in [6.45, 7) is 14.0. The number of methoxy groups -OCH3 is 1. The number of ether oxygens (including phenoxy) is 1. The van der Waals surface area contributed by atoms with Crippen molar-refractivity contribution in [1.82, 2.24) is 41.5 Å². The topological polar surface area (TPSA) is 113 Å². The second-order valence-electron chi connectivity index (χ2n) is 13.4. The summed E-state index contributed by atoms with van der Waals surface area (Å²) in [6.07, 6.45) is 4.52. The quantitative estimate of drug-likeness (QED) is 0.238. The molecule has 11 nitrogen and oxygen atoms in total. The Morgan fingerprint density at radius 2 is 1.70 bits per heavy atom. The van der Waals surface area contributed by atoms with Crippen molar-refractivity contribution >= 4 is 21.6 Å². The summed E-state index contributed by atoms with van der Waals surface area (Å²) in [4.78, 5) is 7.36. The summed E-state index contributed by atoms with van der Waals surface area (Å²) in [5, 5.41) is 11.7. The van der Waals surface area contributed by atoms with Crippen LogP contribution in [0.1, 0.15) is 59.8 Å². The Kier molecular flexibility index (Phi) is 11.6. The smallest absolute Gasteiger partial charge is 0.158 e. The first-order valence-corrected chi connectivity index (χ1v) is 17.7. The molecule has 0 aromatic carbocycles. The van der Waals surface area contributed by atoms with E-state index in [-0.39, 0.29) is 35.3 Å². The minimum absolute atomic E-state index is 0.0253. The molecule has 3 heterocycles. The molecular formula is C27H56N8O3S2. The van der Waals surface area contributed by atoms with E-state index in [1.807, 2.05) is 39.6 Å². The van der Waals surface area contributed by atoms with Gasteiger partial charge in [-0.25, -0.2) is 13.8 Å². The molecule has 0 spiro atoms. The minimum Gasteiger partial charge on any atom is -0.375 e. The second kappa shape index (κ2) is 14.1. The Morgan fingerprint density at radius 3 is 2.25 bits per heavy atom. The van der Waals surface area contributed by atoms with Crippen LogP contribution in [0.25, 0.3) is 0 Å². The third-order valence-electron chi connectivity index (χ3n) is 8.94. The molecule has 0 radical (unpaired) electrons. The van der Waals surface area contributed by atoms with Gasteiger partial charge in [-0.15, -0.1) is 11.8 Å². The van der Waals surface area contributed by atoms with E-state index in [1.54, 1.807) is 0 Å². The second-order valence-corrected chi connectivity index (χ2v) is 17.7. The molecule has 5 N–H and O–H groups in total. The zero-order valence-corrected chi connectivity index (χ0v) is 27.4. The Morgan fingerprint density at radius 1 is 1.02 bits per heavy atom. The van der Waals surface area contributed by atoms with Crippen LogP contribution < -0.4 is 26.8 Å². The van der Waals surface area contributed by atoms with Crippen LogP contribution in [0.5, 0.6) is 0 Å². The van der Waals surface area contributed by atoms with Crippen LogP contribution in [0.15, 0.2) is 0 Å². The fraction of sp³-hybridized carbons (Fsp3) is 1.00. The molecular weight excluding hydrogens is 548 g/mol. The first-order valence-electron chi connectivity index (χ1n) is 15.2. The van der Waals surface area contributed by atoms with E-state index in [0.29, 0.717) is 11.3 Å². The van der Waals surface area contributed by atoms with Crippen LogP contribution in [0.4, 0.5) is 0 Å². The van der Waals surface area contributed by atoms with E-state index >= 15 is 0 Å². The highest BCUT2D eigenvalue weighted by Gasteiger charge is 2.44. The SMILES string of the molecule is COC1C(NC2CC(C)NN2)NC(SC2CCC(S(=O)(=O)C(C)(C)C)CC2)NC1N1CCN(CCN(C)C)CC1. The van der Waals surface area contributed by atoms with Crippen molar-refractivity contribution in [3.05, 3.63) is 0 Å². The van der Waals surface area contributed by atoms with Crippen molar-refractivity contribution in [2.24, 2.45) is 0 Å². The van der Waals surface area contributed by atoms with Gasteiger partial charge in [-0.05, 0) is 73.9 Å². The van der Waals surface area contributed by atoms with Gasteiger partial charge in [0.15, 0.2) is 9.84 Å². The van der Waals surface area contributed by atoms with E-state index in [9.17, 15) is 8.42 Å². The van der Waals surface area contributed by atoms with Crippen LogP contribution in [-0.4, -0.2) is 135 Å². The van der Waals surface area contributed by atoms with Gasteiger partial charge >= 0.3 is 0 Å². The number of hydrazine groups is 1. The van der Waals surface area contributed by atoms with Gasteiger partial charge in [-0.1, -0.05) is 0 Å². The lowest BCUT2D eigenvalue weighted by Crippen LogP contribution is -2.75. The molecule has 0 amide bonds. The number of nitrogens with one attached hydrogen (secondary N) is 5. The lowest BCUT2D eigenvalue weighted by Gasteiger charge is -2.50. The predicted octanol–water partition coefficient (Wildman–Crippen LogP) is 0.369. The van der Waals surface area contributed by atoms with Crippen LogP contribution in [0.2, 0.25) is 0 Å². The lowest BCUT2D eigenvalue weighted by molar-refractivity contribution is -0.0680. The maximum atomic E-state index is 13.0. The number of hydrogen-bond acceptors (Lipinski definition) is 12. The lowest BCUT2D eigenvalue weighted by atomic mass is 10.00. The highest BCUT2D eigenvalue weighted by molar-refractivity contribution is 8.00.